The minimum atomic E-state index is -4.60. The molecule has 200 valence electrons. The number of benzene rings is 2. The van der Waals surface area contributed by atoms with Crippen LogP contribution in [0.2, 0.25) is 0 Å². The van der Waals surface area contributed by atoms with Gasteiger partial charge in [0.25, 0.3) is 0 Å². The van der Waals surface area contributed by atoms with E-state index in [0.29, 0.717) is 49.0 Å². The molecule has 4 heterocycles. The van der Waals surface area contributed by atoms with E-state index < -0.39 is 23.0 Å². The van der Waals surface area contributed by atoms with Crippen molar-refractivity contribution in [3.05, 3.63) is 77.2 Å². The number of nitrogens with zero attached hydrogens (tertiary/aromatic N) is 1. The van der Waals surface area contributed by atoms with Crippen LogP contribution in [0.3, 0.4) is 0 Å². The third kappa shape index (κ3) is 3.95. The van der Waals surface area contributed by atoms with E-state index >= 15 is 0 Å². The summed E-state index contributed by atoms with van der Waals surface area (Å²) in [6.07, 6.45) is -4.24. The van der Waals surface area contributed by atoms with Crippen molar-refractivity contribution < 1.29 is 36.6 Å². The summed E-state index contributed by atoms with van der Waals surface area (Å²) in [6, 6.07) is 15.1. The number of hydrogen-bond acceptors (Lipinski definition) is 5. The fourth-order valence-corrected chi connectivity index (χ4v) is 5.77. The van der Waals surface area contributed by atoms with E-state index in [-0.39, 0.29) is 23.6 Å². The lowest BCUT2D eigenvalue weighted by Crippen LogP contribution is -2.50. The number of hydrogen-bond donors (Lipinski definition) is 0. The highest BCUT2D eigenvalue weighted by atomic mass is 19.4. The molecule has 1 saturated heterocycles. The third-order valence-corrected chi connectivity index (χ3v) is 7.50. The van der Waals surface area contributed by atoms with Gasteiger partial charge < -0.3 is 23.5 Å². The molecule has 0 N–H and O–H groups in total. The van der Waals surface area contributed by atoms with E-state index in [1.54, 1.807) is 0 Å². The van der Waals surface area contributed by atoms with E-state index in [9.17, 15) is 18.0 Å². The molecule has 0 radical (unpaired) electrons. The number of alkyl halides is 3. The zero-order chi connectivity index (χ0) is 26.9. The molecule has 0 bridgehead atoms. The summed E-state index contributed by atoms with van der Waals surface area (Å²) in [5.74, 6) is -0.0726. The van der Waals surface area contributed by atoms with Gasteiger partial charge in [-0.25, -0.2) is 0 Å². The van der Waals surface area contributed by atoms with Crippen LogP contribution in [0.5, 0.6) is 11.5 Å². The van der Waals surface area contributed by atoms with Gasteiger partial charge in [-0.05, 0) is 43.7 Å². The number of rotatable bonds is 5. The van der Waals surface area contributed by atoms with Crippen LogP contribution in [0.25, 0.3) is 0 Å². The normalized spacial score (nSPS) is 23.0. The Morgan fingerprint density at radius 1 is 1.00 bits per heavy atom. The molecular formula is C29H28F3NO5. The van der Waals surface area contributed by atoms with Crippen molar-refractivity contribution in [3.8, 4) is 11.5 Å². The number of para-hydroxylation sites is 1. The molecule has 3 aliphatic heterocycles. The molecule has 1 aromatic heterocycles. The molecule has 3 aromatic rings. The predicted octanol–water partition coefficient (Wildman–Crippen LogP) is 6.11. The zero-order valence-electron chi connectivity index (χ0n) is 21.4. The molecule has 1 fully saturated rings. The summed E-state index contributed by atoms with van der Waals surface area (Å²) in [5.41, 5.74) is 0.335. The third-order valence-electron chi connectivity index (χ3n) is 7.50. The van der Waals surface area contributed by atoms with Gasteiger partial charge in [-0.1, -0.05) is 31.2 Å². The molecular weight excluding hydrogens is 499 g/mol. The van der Waals surface area contributed by atoms with Crippen molar-refractivity contribution in [1.82, 2.24) is 0 Å². The van der Waals surface area contributed by atoms with Gasteiger partial charge >= 0.3 is 6.18 Å². The predicted molar refractivity (Wildman–Crippen MR) is 132 cm³/mol. The average molecular weight is 528 g/mol. The summed E-state index contributed by atoms with van der Waals surface area (Å²) < 4.78 is 62.2. The minimum absolute atomic E-state index is 0.0318. The number of furan rings is 1. The minimum Gasteiger partial charge on any atom is -0.493 e. The maximum absolute atomic E-state index is 14.3. The highest BCUT2D eigenvalue weighted by Gasteiger charge is 2.58. The van der Waals surface area contributed by atoms with E-state index in [2.05, 4.69) is 6.92 Å². The Kier molecular flexibility index (Phi) is 5.41. The lowest BCUT2D eigenvalue weighted by Gasteiger charge is -2.43. The second-order valence-electron chi connectivity index (χ2n) is 11.4. The van der Waals surface area contributed by atoms with Gasteiger partial charge in [-0.3, -0.25) is 4.79 Å². The molecule has 1 spiro atoms. The van der Waals surface area contributed by atoms with Crippen molar-refractivity contribution in [2.75, 3.05) is 24.7 Å². The summed E-state index contributed by atoms with van der Waals surface area (Å²) in [5, 5.41) is 0. The standard InChI is InChI=1S/C29H28F3NO5/c1-26(2)14-28(21-10-8-18(12-23(21)38-26)36-17-27(3)15-35-16-27)20-6-4-5-7-22(20)33(25(28)34)13-19-9-11-24(37-19)29(30,31)32/h4-12H,13-17H2,1-3H3. The fraction of sp³-hybridized carbons (Fsp3) is 0.414. The van der Waals surface area contributed by atoms with Gasteiger partial charge in [-0.2, -0.15) is 13.2 Å². The molecule has 6 nitrogen and oxygen atoms in total. The van der Waals surface area contributed by atoms with E-state index in [1.807, 2.05) is 56.3 Å². The summed E-state index contributed by atoms with van der Waals surface area (Å²) >= 11 is 0. The SMILES string of the molecule is CC1(COc2ccc3c(c2)OC(C)(C)CC32C(=O)N(Cc3ccc(C(F)(F)F)o3)c3ccccc32)COC1. The Morgan fingerprint density at radius 3 is 2.45 bits per heavy atom. The van der Waals surface area contributed by atoms with Crippen molar-refractivity contribution in [2.45, 2.75) is 50.9 Å². The average Bonchev–Trinajstić information content (AvgIpc) is 3.40. The number of ether oxygens (including phenoxy) is 3. The molecule has 0 saturated carbocycles. The van der Waals surface area contributed by atoms with Crippen molar-refractivity contribution in [1.29, 1.82) is 0 Å². The Labute approximate surface area is 218 Å². The van der Waals surface area contributed by atoms with E-state index in [0.717, 1.165) is 11.6 Å². The van der Waals surface area contributed by atoms with Gasteiger partial charge in [-0.15, -0.1) is 0 Å². The zero-order valence-corrected chi connectivity index (χ0v) is 21.4. The van der Waals surface area contributed by atoms with Crippen LogP contribution in [-0.2, 0) is 27.7 Å². The van der Waals surface area contributed by atoms with Crippen molar-refractivity contribution in [3.63, 3.8) is 0 Å². The first kappa shape index (κ1) is 24.9. The van der Waals surface area contributed by atoms with Crippen LogP contribution in [0, 0.1) is 5.41 Å². The Bertz CT molecular complexity index is 1410. The lowest BCUT2D eigenvalue weighted by atomic mass is 9.67. The molecule has 9 heteroatoms. The smallest absolute Gasteiger partial charge is 0.449 e. The molecule has 1 atom stereocenters. The number of anilines is 1. The number of carbonyl (C=O) groups is 1. The maximum Gasteiger partial charge on any atom is 0.449 e. The Hall–Kier alpha value is -3.46. The topological polar surface area (TPSA) is 61.1 Å². The lowest BCUT2D eigenvalue weighted by molar-refractivity contribution is -0.153. The first-order valence-corrected chi connectivity index (χ1v) is 12.5. The molecule has 38 heavy (non-hydrogen) atoms. The van der Waals surface area contributed by atoms with Gasteiger partial charge in [0, 0.05) is 29.2 Å². The van der Waals surface area contributed by atoms with Crippen LogP contribution in [-0.4, -0.2) is 31.3 Å². The Morgan fingerprint density at radius 2 is 1.76 bits per heavy atom. The monoisotopic (exact) mass is 527 g/mol. The second-order valence-corrected chi connectivity index (χ2v) is 11.4. The number of halogens is 3. The van der Waals surface area contributed by atoms with Crippen LogP contribution >= 0.6 is 0 Å². The van der Waals surface area contributed by atoms with E-state index in [1.165, 1.54) is 11.0 Å². The van der Waals surface area contributed by atoms with Gasteiger partial charge in [0.05, 0.1) is 26.4 Å². The first-order valence-electron chi connectivity index (χ1n) is 12.5. The van der Waals surface area contributed by atoms with Crippen LogP contribution < -0.4 is 14.4 Å². The van der Waals surface area contributed by atoms with Crippen LogP contribution in [0.15, 0.2) is 59.0 Å². The molecule has 2 aromatic carbocycles. The number of fused-ring (bicyclic) bond motifs is 4. The highest BCUT2D eigenvalue weighted by Crippen LogP contribution is 2.56. The van der Waals surface area contributed by atoms with Crippen LogP contribution in [0.1, 0.15) is 49.8 Å². The van der Waals surface area contributed by atoms with Crippen LogP contribution in [0.4, 0.5) is 18.9 Å². The maximum atomic E-state index is 14.3. The summed E-state index contributed by atoms with van der Waals surface area (Å²) in [7, 11) is 0. The molecule has 3 aliphatic rings. The van der Waals surface area contributed by atoms with Crippen molar-refractivity contribution >= 4 is 11.6 Å². The first-order chi connectivity index (χ1) is 17.9. The molecule has 1 amide bonds. The summed E-state index contributed by atoms with van der Waals surface area (Å²) in [6.45, 7) is 7.63. The van der Waals surface area contributed by atoms with Gasteiger partial charge in [0.2, 0.25) is 11.7 Å². The molecule has 1 unspecified atom stereocenters. The Balaban J connectivity index is 1.39. The second kappa shape index (κ2) is 8.27. The number of amides is 1. The van der Waals surface area contributed by atoms with Gasteiger partial charge in [0.1, 0.15) is 28.3 Å². The summed E-state index contributed by atoms with van der Waals surface area (Å²) in [4.78, 5) is 15.9. The highest BCUT2D eigenvalue weighted by molar-refractivity contribution is 6.11. The van der Waals surface area contributed by atoms with Gasteiger partial charge in [0.15, 0.2) is 0 Å². The van der Waals surface area contributed by atoms with E-state index in [4.69, 9.17) is 18.6 Å². The largest absolute Gasteiger partial charge is 0.493 e. The number of carbonyl (C=O) groups excluding carboxylic acids is 1. The molecule has 6 rings (SSSR count). The molecule has 0 aliphatic carbocycles. The fourth-order valence-electron chi connectivity index (χ4n) is 5.77. The van der Waals surface area contributed by atoms with Crippen molar-refractivity contribution in [2.24, 2.45) is 5.41 Å². The quantitative estimate of drug-likeness (QED) is 0.401.